The minimum absolute atomic E-state index is 0.485. The van der Waals surface area contributed by atoms with Crippen LogP contribution in [0.4, 0.5) is 0 Å². The zero-order chi connectivity index (χ0) is 10.8. The molecule has 86 valence electrons. The molecule has 0 fully saturated rings. The molecule has 14 heavy (non-hydrogen) atoms. The first-order valence-corrected chi connectivity index (χ1v) is 6.01. The molecule has 0 bridgehead atoms. The second-order valence-corrected chi connectivity index (χ2v) is 4.24. The van der Waals surface area contributed by atoms with Crippen LogP contribution in [0.1, 0.15) is 47.0 Å². The van der Waals surface area contributed by atoms with Crippen molar-refractivity contribution in [1.82, 2.24) is 5.32 Å². The minimum Gasteiger partial charge on any atom is -0.380 e. The number of unbranched alkanes of at least 4 members (excludes halogenated alkanes) is 1. The third-order valence-corrected chi connectivity index (χ3v) is 2.37. The number of hydrogen-bond acceptors (Lipinski definition) is 2. The van der Waals surface area contributed by atoms with Gasteiger partial charge in [0.05, 0.1) is 6.61 Å². The molecule has 2 atom stereocenters. The fourth-order valence-electron chi connectivity index (χ4n) is 1.49. The summed E-state index contributed by atoms with van der Waals surface area (Å²) >= 11 is 0. The average Bonchev–Trinajstić information content (AvgIpc) is 2.15. The maximum atomic E-state index is 5.64. The molecular weight excluding hydrogens is 174 g/mol. The summed E-state index contributed by atoms with van der Waals surface area (Å²) in [5.74, 6) is 0.712. The predicted octanol–water partition coefficient (Wildman–Crippen LogP) is 2.83. The number of likely N-dealkylation sites (N-methyl/N-ethyl adjacent to an activating group) is 1. The van der Waals surface area contributed by atoms with Crippen LogP contribution in [0.25, 0.3) is 0 Å². The van der Waals surface area contributed by atoms with Crippen LogP contribution in [0.2, 0.25) is 0 Å². The molecule has 0 radical (unpaired) electrons. The second-order valence-electron chi connectivity index (χ2n) is 4.24. The van der Waals surface area contributed by atoms with Crippen molar-refractivity contribution in [2.24, 2.45) is 5.92 Å². The normalized spacial score (nSPS) is 15.4. The first kappa shape index (κ1) is 13.9. The molecule has 0 saturated heterocycles. The van der Waals surface area contributed by atoms with Crippen molar-refractivity contribution in [2.45, 2.75) is 53.0 Å². The summed E-state index contributed by atoms with van der Waals surface area (Å²) in [5.41, 5.74) is 0. The van der Waals surface area contributed by atoms with E-state index < -0.39 is 0 Å². The first-order chi connectivity index (χ1) is 6.70. The van der Waals surface area contributed by atoms with Crippen LogP contribution in [0.15, 0.2) is 0 Å². The van der Waals surface area contributed by atoms with Gasteiger partial charge in [0.1, 0.15) is 0 Å². The van der Waals surface area contributed by atoms with Gasteiger partial charge in [-0.2, -0.15) is 0 Å². The van der Waals surface area contributed by atoms with Crippen LogP contribution in [0.3, 0.4) is 0 Å². The number of nitrogens with one attached hydrogen (secondary N) is 1. The van der Waals surface area contributed by atoms with Gasteiger partial charge in [-0.25, -0.2) is 0 Å². The number of ether oxygens (including phenoxy) is 1. The summed E-state index contributed by atoms with van der Waals surface area (Å²) in [6.07, 6.45) is 3.91. The van der Waals surface area contributed by atoms with E-state index in [1.807, 2.05) is 0 Å². The van der Waals surface area contributed by atoms with Gasteiger partial charge in [-0.15, -0.1) is 0 Å². The molecule has 0 unspecified atom stereocenters. The highest BCUT2D eigenvalue weighted by Crippen LogP contribution is 2.07. The van der Waals surface area contributed by atoms with E-state index in [9.17, 15) is 0 Å². The molecule has 0 aliphatic heterocycles. The van der Waals surface area contributed by atoms with Gasteiger partial charge in [0.2, 0.25) is 0 Å². The highest BCUT2D eigenvalue weighted by molar-refractivity contribution is 4.58. The van der Waals surface area contributed by atoms with Crippen LogP contribution in [0, 0.1) is 5.92 Å². The Labute approximate surface area is 89.4 Å². The summed E-state index contributed by atoms with van der Waals surface area (Å²) in [7, 11) is 0. The van der Waals surface area contributed by atoms with Crippen LogP contribution < -0.4 is 5.32 Å². The fraction of sp³-hybridized carbons (Fsp3) is 1.00. The van der Waals surface area contributed by atoms with Crippen molar-refractivity contribution < 1.29 is 4.74 Å². The van der Waals surface area contributed by atoms with Gasteiger partial charge in [0.15, 0.2) is 0 Å². The quantitative estimate of drug-likeness (QED) is 0.619. The zero-order valence-electron chi connectivity index (χ0n) is 10.3. The molecule has 0 aromatic heterocycles. The van der Waals surface area contributed by atoms with Crippen molar-refractivity contribution in [3.63, 3.8) is 0 Å². The Hall–Kier alpha value is -0.0800. The van der Waals surface area contributed by atoms with E-state index in [-0.39, 0.29) is 0 Å². The van der Waals surface area contributed by atoms with Crippen LogP contribution >= 0.6 is 0 Å². The molecule has 0 aliphatic carbocycles. The Morgan fingerprint density at radius 1 is 1.14 bits per heavy atom. The highest BCUT2D eigenvalue weighted by atomic mass is 16.5. The molecule has 0 aliphatic rings. The van der Waals surface area contributed by atoms with Gasteiger partial charge < -0.3 is 10.1 Å². The third kappa shape index (κ3) is 8.52. The molecule has 0 aromatic rings. The van der Waals surface area contributed by atoms with E-state index in [0.29, 0.717) is 12.0 Å². The molecule has 0 amide bonds. The average molecular weight is 201 g/mol. The third-order valence-electron chi connectivity index (χ3n) is 2.37. The van der Waals surface area contributed by atoms with E-state index in [1.165, 1.54) is 19.3 Å². The van der Waals surface area contributed by atoms with Crippen molar-refractivity contribution in [2.75, 3.05) is 19.8 Å². The topological polar surface area (TPSA) is 21.3 Å². The molecule has 0 aromatic carbocycles. The fourth-order valence-corrected chi connectivity index (χ4v) is 1.49. The Morgan fingerprint density at radius 2 is 1.86 bits per heavy atom. The van der Waals surface area contributed by atoms with E-state index in [1.54, 1.807) is 0 Å². The van der Waals surface area contributed by atoms with Gasteiger partial charge in [-0.1, -0.05) is 33.6 Å². The molecule has 1 N–H and O–H groups in total. The van der Waals surface area contributed by atoms with Crippen LogP contribution in [-0.4, -0.2) is 25.8 Å². The second kappa shape index (κ2) is 9.47. The predicted molar refractivity (Wildman–Crippen MR) is 62.6 cm³/mol. The Bertz CT molecular complexity index is 117. The van der Waals surface area contributed by atoms with Crippen molar-refractivity contribution in [1.29, 1.82) is 0 Å². The summed E-state index contributed by atoms with van der Waals surface area (Å²) in [5, 5.41) is 3.34. The first-order valence-electron chi connectivity index (χ1n) is 6.01. The molecule has 0 rings (SSSR count). The molecule has 0 spiro atoms. The number of hydrogen-bond donors (Lipinski definition) is 1. The monoisotopic (exact) mass is 201 g/mol. The van der Waals surface area contributed by atoms with Gasteiger partial charge in [0, 0.05) is 12.6 Å². The van der Waals surface area contributed by atoms with Gasteiger partial charge in [-0.3, -0.25) is 0 Å². The maximum absolute atomic E-state index is 5.64. The summed E-state index contributed by atoms with van der Waals surface area (Å²) < 4.78 is 5.64. The molecule has 2 heteroatoms. The van der Waals surface area contributed by atoms with Crippen molar-refractivity contribution in [3.05, 3.63) is 0 Å². The van der Waals surface area contributed by atoms with E-state index in [2.05, 4.69) is 33.0 Å². The SMILES string of the molecule is CCCC[C@@H](C)COC[C@@H](C)NCC. The zero-order valence-corrected chi connectivity index (χ0v) is 10.3. The largest absolute Gasteiger partial charge is 0.380 e. The van der Waals surface area contributed by atoms with Gasteiger partial charge >= 0.3 is 0 Å². The summed E-state index contributed by atoms with van der Waals surface area (Å²) in [6.45, 7) is 11.6. The van der Waals surface area contributed by atoms with E-state index in [4.69, 9.17) is 4.74 Å². The van der Waals surface area contributed by atoms with Gasteiger partial charge in [0.25, 0.3) is 0 Å². The lowest BCUT2D eigenvalue weighted by Crippen LogP contribution is -2.30. The van der Waals surface area contributed by atoms with Crippen LogP contribution in [-0.2, 0) is 4.74 Å². The smallest absolute Gasteiger partial charge is 0.0617 e. The maximum Gasteiger partial charge on any atom is 0.0617 e. The van der Waals surface area contributed by atoms with Gasteiger partial charge in [-0.05, 0) is 25.8 Å². The lowest BCUT2D eigenvalue weighted by Gasteiger charge is -2.15. The summed E-state index contributed by atoms with van der Waals surface area (Å²) in [6, 6.07) is 0.485. The minimum atomic E-state index is 0.485. The van der Waals surface area contributed by atoms with E-state index >= 15 is 0 Å². The summed E-state index contributed by atoms with van der Waals surface area (Å²) in [4.78, 5) is 0. The lowest BCUT2D eigenvalue weighted by molar-refractivity contribution is 0.0867. The lowest BCUT2D eigenvalue weighted by atomic mass is 10.1. The van der Waals surface area contributed by atoms with Crippen LogP contribution in [0.5, 0.6) is 0 Å². The molecule has 0 saturated carbocycles. The van der Waals surface area contributed by atoms with Crippen molar-refractivity contribution >= 4 is 0 Å². The molecular formula is C12H27NO. The Balaban J connectivity index is 3.25. The molecule has 0 heterocycles. The van der Waals surface area contributed by atoms with E-state index in [0.717, 1.165) is 19.8 Å². The van der Waals surface area contributed by atoms with Crippen molar-refractivity contribution in [3.8, 4) is 0 Å². The number of rotatable bonds is 9. The Kier molecular flexibility index (Phi) is 9.42. The Morgan fingerprint density at radius 3 is 2.43 bits per heavy atom. The standard InChI is InChI=1S/C12H27NO/c1-5-7-8-11(3)9-14-10-12(4)13-6-2/h11-13H,5-10H2,1-4H3/t11-,12-/m1/s1. The molecule has 2 nitrogen and oxygen atoms in total. The highest BCUT2D eigenvalue weighted by Gasteiger charge is 2.03.